The third-order valence-electron chi connectivity index (χ3n) is 1.54. The van der Waals surface area contributed by atoms with Gasteiger partial charge in [0, 0.05) is 0 Å². The lowest BCUT2D eigenvalue weighted by atomic mass is 10.3. The van der Waals surface area contributed by atoms with Gasteiger partial charge in [0.2, 0.25) is 0 Å². The van der Waals surface area contributed by atoms with Crippen LogP contribution < -0.4 is 10.5 Å². The summed E-state index contributed by atoms with van der Waals surface area (Å²) >= 11 is 0. The number of unbranched alkanes of at least 4 members (excludes halogenated alkanes) is 1. The van der Waals surface area contributed by atoms with Gasteiger partial charge in [-0.1, -0.05) is 31.5 Å². The van der Waals surface area contributed by atoms with Crippen molar-refractivity contribution in [3.8, 4) is 5.75 Å². The van der Waals surface area contributed by atoms with Crippen LogP contribution in [0.25, 0.3) is 0 Å². The summed E-state index contributed by atoms with van der Waals surface area (Å²) in [6.45, 7) is 2.98. The molecule has 0 bridgehead atoms. The highest BCUT2D eigenvalue weighted by molar-refractivity contribution is 5.20. The summed E-state index contributed by atoms with van der Waals surface area (Å²) in [5.41, 5.74) is 5.14. The van der Waals surface area contributed by atoms with Crippen molar-refractivity contribution in [1.82, 2.24) is 0 Å². The SMILES string of the molecule is CCCCN.COc1ccccc1. The van der Waals surface area contributed by atoms with Crippen LogP contribution in [0.2, 0.25) is 0 Å². The predicted octanol–water partition coefficient (Wildman–Crippen LogP) is 2.44. The van der Waals surface area contributed by atoms with E-state index in [2.05, 4.69) is 6.92 Å². The van der Waals surface area contributed by atoms with Crippen LogP contribution in [0.15, 0.2) is 30.3 Å². The van der Waals surface area contributed by atoms with Crippen LogP contribution >= 0.6 is 0 Å². The van der Waals surface area contributed by atoms with Crippen LogP contribution in [0.1, 0.15) is 19.8 Å². The summed E-state index contributed by atoms with van der Waals surface area (Å²) in [7, 11) is 1.66. The first-order valence-corrected chi connectivity index (χ1v) is 4.64. The summed E-state index contributed by atoms with van der Waals surface area (Å²) in [5, 5.41) is 0. The zero-order chi connectivity index (χ0) is 9.94. The number of rotatable bonds is 3. The van der Waals surface area contributed by atoms with Crippen LogP contribution in [0, 0.1) is 0 Å². The summed E-state index contributed by atoms with van der Waals surface area (Å²) in [4.78, 5) is 0. The monoisotopic (exact) mass is 181 g/mol. The summed E-state index contributed by atoms with van der Waals surface area (Å²) in [5.74, 6) is 0.910. The molecule has 2 nitrogen and oxygen atoms in total. The highest BCUT2D eigenvalue weighted by atomic mass is 16.5. The van der Waals surface area contributed by atoms with Crippen molar-refractivity contribution >= 4 is 0 Å². The Morgan fingerprint density at radius 3 is 2.08 bits per heavy atom. The number of hydrogen-bond donors (Lipinski definition) is 1. The molecule has 0 fully saturated rings. The lowest BCUT2D eigenvalue weighted by molar-refractivity contribution is 0.415. The van der Waals surface area contributed by atoms with Crippen molar-refractivity contribution < 1.29 is 4.74 Å². The van der Waals surface area contributed by atoms with Gasteiger partial charge in [-0.25, -0.2) is 0 Å². The molecule has 13 heavy (non-hydrogen) atoms. The van der Waals surface area contributed by atoms with E-state index < -0.39 is 0 Å². The van der Waals surface area contributed by atoms with Gasteiger partial charge in [-0.15, -0.1) is 0 Å². The maximum atomic E-state index is 5.14. The molecule has 74 valence electrons. The number of ether oxygens (including phenoxy) is 1. The van der Waals surface area contributed by atoms with Crippen LogP contribution in [-0.2, 0) is 0 Å². The number of hydrogen-bond acceptors (Lipinski definition) is 2. The molecule has 0 aliphatic heterocycles. The Balaban J connectivity index is 0.000000252. The zero-order valence-electron chi connectivity index (χ0n) is 8.49. The first-order valence-electron chi connectivity index (χ1n) is 4.64. The zero-order valence-corrected chi connectivity index (χ0v) is 8.49. The van der Waals surface area contributed by atoms with Gasteiger partial charge >= 0.3 is 0 Å². The average Bonchev–Trinajstić information content (AvgIpc) is 2.21. The molecule has 1 rings (SSSR count). The van der Waals surface area contributed by atoms with E-state index in [1.807, 2.05) is 30.3 Å². The number of nitrogens with two attached hydrogens (primary N) is 1. The van der Waals surface area contributed by atoms with Crippen molar-refractivity contribution in [2.45, 2.75) is 19.8 Å². The summed E-state index contributed by atoms with van der Waals surface area (Å²) < 4.78 is 4.91. The fourth-order valence-corrected chi connectivity index (χ4v) is 0.761. The molecule has 0 aromatic heterocycles. The van der Waals surface area contributed by atoms with E-state index in [0.29, 0.717) is 0 Å². The van der Waals surface area contributed by atoms with E-state index in [1.165, 1.54) is 12.8 Å². The molecular weight excluding hydrogens is 162 g/mol. The van der Waals surface area contributed by atoms with Crippen molar-refractivity contribution in [1.29, 1.82) is 0 Å². The van der Waals surface area contributed by atoms with Crippen molar-refractivity contribution in [3.63, 3.8) is 0 Å². The Bertz CT molecular complexity index is 185. The maximum Gasteiger partial charge on any atom is 0.118 e. The van der Waals surface area contributed by atoms with Gasteiger partial charge in [0.1, 0.15) is 5.75 Å². The lowest BCUT2D eigenvalue weighted by Crippen LogP contribution is -1.95. The van der Waals surface area contributed by atoms with Gasteiger partial charge in [0.25, 0.3) is 0 Å². The van der Waals surface area contributed by atoms with Crippen LogP contribution in [0.3, 0.4) is 0 Å². The van der Waals surface area contributed by atoms with Gasteiger partial charge < -0.3 is 10.5 Å². The van der Waals surface area contributed by atoms with Crippen LogP contribution in [0.5, 0.6) is 5.75 Å². The maximum absolute atomic E-state index is 5.14. The molecule has 0 radical (unpaired) electrons. The molecule has 0 saturated carbocycles. The molecule has 0 aliphatic carbocycles. The van der Waals surface area contributed by atoms with Crippen LogP contribution in [-0.4, -0.2) is 13.7 Å². The minimum absolute atomic E-state index is 0.844. The van der Waals surface area contributed by atoms with Gasteiger partial charge in [0.05, 0.1) is 7.11 Å². The molecule has 0 amide bonds. The molecular formula is C11H19NO. The molecule has 0 spiro atoms. The largest absolute Gasteiger partial charge is 0.497 e. The molecule has 0 heterocycles. The second kappa shape index (κ2) is 9.07. The van der Waals surface area contributed by atoms with E-state index in [4.69, 9.17) is 10.5 Å². The van der Waals surface area contributed by atoms with Gasteiger partial charge in [-0.05, 0) is 25.1 Å². The van der Waals surface area contributed by atoms with Gasteiger partial charge in [-0.3, -0.25) is 0 Å². The van der Waals surface area contributed by atoms with Crippen LogP contribution in [0.4, 0.5) is 0 Å². The molecule has 1 aromatic rings. The van der Waals surface area contributed by atoms with E-state index in [9.17, 15) is 0 Å². The standard InChI is InChI=1S/C7H8O.C4H11N/c1-8-7-5-3-2-4-6-7;1-2-3-4-5/h2-6H,1H3;2-5H2,1H3. The quantitative estimate of drug-likeness (QED) is 0.777. The second-order valence-corrected chi connectivity index (χ2v) is 2.66. The summed E-state index contributed by atoms with van der Waals surface area (Å²) in [6.07, 6.45) is 2.39. The number of para-hydroxylation sites is 1. The molecule has 0 aliphatic rings. The predicted molar refractivity (Wildman–Crippen MR) is 57.0 cm³/mol. The smallest absolute Gasteiger partial charge is 0.118 e. The normalized spacial score (nSPS) is 8.54. The highest BCUT2D eigenvalue weighted by Gasteiger charge is 1.80. The van der Waals surface area contributed by atoms with Gasteiger partial charge in [-0.2, -0.15) is 0 Å². The molecule has 0 saturated heterocycles. The molecule has 0 unspecified atom stereocenters. The molecule has 0 atom stereocenters. The van der Waals surface area contributed by atoms with Gasteiger partial charge in [0.15, 0.2) is 0 Å². The Kier molecular flexibility index (Phi) is 8.36. The van der Waals surface area contributed by atoms with E-state index in [1.54, 1.807) is 7.11 Å². The fraction of sp³-hybridized carbons (Fsp3) is 0.455. The van der Waals surface area contributed by atoms with Crippen molar-refractivity contribution in [3.05, 3.63) is 30.3 Å². The second-order valence-electron chi connectivity index (χ2n) is 2.66. The minimum Gasteiger partial charge on any atom is -0.497 e. The van der Waals surface area contributed by atoms with Crippen molar-refractivity contribution in [2.75, 3.05) is 13.7 Å². The topological polar surface area (TPSA) is 35.2 Å². The lowest BCUT2D eigenvalue weighted by Gasteiger charge is -1.93. The minimum atomic E-state index is 0.844. The molecule has 2 heteroatoms. The van der Waals surface area contributed by atoms with E-state index >= 15 is 0 Å². The summed E-state index contributed by atoms with van der Waals surface area (Å²) in [6, 6.07) is 9.68. The Hall–Kier alpha value is -1.02. The Labute approximate surface area is 80.7 Å². The van der Waals surface area contributed by atoms with Crippen molar-refractivity contribution in [2.24, 2.45) is 5.73 Å². The molecule has 1 aromatic carbocycles. The Morgan fingerprint density at radius 2 is 1.85 bits per heavy atom. The first kappa shape index (κ1) is 12.0. The number of benzene rings is 1. The fourth-order valence-electron chi connectivity index (χ4n) is 0.761. The third kappa shape index (κ3) is 7.34. The number of methoxy groups -OCH3 is 1. The molecule has 2 N–H and O–H groups in total. The average molecular weight is 181 g/mol. The van der Waals surface area contributed by atoms with E-state index in [0.717, 1.165) is 12.3 Å². The highest BCUT2D eigenvalue weighted by Crippen LogP contribution is 2.05. The Morgan fingerprint density at radius 1 is 1.23 bits per heavy atom. The van der Waals surface area contributed by atoms with E-state index in [-0.39, 0.29) is 0 Å². The first-order chi connectivity index (χ1) is 6.35. The third-order valence-corrected chi connectivity index (χ3v) is 1.54.